The molecule has 1 heterocycles. The lowest BCUT2D eigenvalue weighted by Gasteiger charge is -2.12. The molecule has 0 spiro atoms. The number of benzene rings is 1. The molecule has 5 heteroatoms. The number of aryl methyl sites for hydroxylation is 2. The molecule has 0 saturated carbocycles. The Kier molecular flexibility index (Phi) is 6.09. The van der Waals surface area contributed by atoms with Crippen LogP contribution in [0, 0.1) is 13.8 Å². The van der Waals surface area contributed by atoms with Crippen molar-refractivity contribution in [1.29, 1.82) is 0 Å². The summed E-state index contributed by atoms with van der Waals surface area (Å²) in [6.45, 7) is 6.89. The van der Waals surface area contributed by atoms with E-state index < -0.39 is 0 Å². The van der Waals surface area contributed by atoms with Crippen LogP contribution in [0.4, 0.5) is 11.5 Å². The van der Waals surface area contributed by atoms with Crippen molar-refractivity contribution in [3.8, 4) is 0 Å². The van der Waals surface area contributed by atoms with Crippen LogP contribution in [0.1, 0.15) is 47.8 Å². The minimum atomic E-state index is -0.159. The van der Waals surface area contributed by atoms with Gasteiger partial charge in [-0.3, -0.25) is 4.79 Å². The van der Waals surface area contributed by atoms with Crippen LogP contribution in [0.25, 0.3) is 0 Å². The van der Waals surface area contributed by atoms with E-state index in [1.165, 1.54) is 6.33 Å². The minimum absolute atomic E-state index is 0.159. The molecule has 1 amide bonds. The molecule has 2 rings (SSSR count). The number of hydrogen-bond donors (Lipinski definition) is 2. The average molecular weight is 312 g/mol. The number of nitrogens with zero attached hydrogens (tertiary/aromatic N) is 2. The predicted molar refractivity (Wildman–Crippen MR) is 93.1 cm³/mol. The maximum Gasteiger partial charge on any atom is 0.270 e. The first-order chi connectivity index (χ1) is 11.1. The standard InChI is InChI=1S/C18H24N4O/c1-4-5-6-10-19-18(23)15-11-16(21-12-20-15)22-17-13(2)8-7-9-14(17)3/h7-9,11-12H,4-6,10H2,1-3H3,(H,19,23)(H,20,21,22). The second-order valence-electron chi connectivity index (χ2n) is 5.64. The summed E-state index contributed by atoms with van der Waals surface area (Å²) in [6.07, 6.45) is 4.65. The van der Waals surface area contributed by atoms with Crippen LogP contribution in [-0.2, 0) is 0 Å². The molecule has 0 radical (unpaired) electrons. The Hall–Kier alpha value is -2.43. The SMILES string of the molecule is CCCCCNC(=O)c1cc(Nc2c(C)cccc2C)ncn1. The van der Waals surface area contributed by atoms with E-state index in [1.54, 1.807) is 6.07 Å². The third-order valence-electron chi connectivity index (χ3n) is 3.70. The van der Waals surface area contributed by atoms with Gasteiger partial charge in [-0.15, -0.1) is 0 Å². The second-order valence-corrected chi connectivity index (χ2v) is 5.64. The van der Waals surface area contributed by atoms with E-state index in [1.807, 2.05) is 32.0 Å². The summed E-state index contributed by atoms with van der Waals surface area (Å²) in [4.78, 5) is 20.4. The number of anilines is 2. The third-order valence-corrected chi connectivity index (χ3v) is 3.70. The van der Waals surface area contributed by atoms with Crippen molar-refractivity contribution in [2.75, 3.05) is 11.9 Å². The maximum absolute atomic E-state index is 12.1. The molecular weight excluding hydrogens is 288 g/mol. The molecular formula is C18H24N4O. The number of unbranched alkanes of at least 4 members (excludes halogenated alkanes) is 2. The summed E-state index contributed by atoms with van der Waals surface area (Å²) in [5.74, 6) is 0.462. The molecule has 0 fully saturated rings. The van der Waals surface area contributed by atoms with Gasteiger partial charge in [0.25, 0.3) is 5.91 Å². The van der Waals surface area contributed by atoms with Gasteiger partial charge in [0, 0.05) is 18.3 Å². The van der Waals surface area contributed by atoms with Gasteiger partial charge in [0.05, 0.1) is 0 Å². The Balaban J connectivity index is 2.06. The Morgan fingerprint density at radius 3 is 2.57 bits per heavy atom. The normalized spacial score (nSPS) is 10.4. The van der Waals surface area contributed by atoms with Crippen molar-refractivity contribution in [1.82, 2.24) is 15.3 Å². The molecule has 1 aromatic heterocycles. The second kappa shape index (κ2) is 8.27. The zero-order valence-corrected chi connectivity index (χ0v) is 14.0. The lowest BCUT2D eigenvalue weighted by molar-refractivity contribution is 0.0948. The summed E-state index contributed by atoms with van der Waals surface area (Å²) in [5.41, 5.74) is 3.66. The predicted octanol–water partition coefficient (Wildman–Crippen LogP) is 3.76. The summed E-state index contributed by atoms with van der Waals surface area (Å²) in [5, 5.41) is 6.17. The Morgan fingerprint density at radius 1 is 1.13 bits per heavy atom. The largest absolute Gasteiger partial charge is 0.351 e. The molecule has 0 saturated heterocycles. The number of rotatable bonds is 7. The van der Waals surface area contributed by atoms with Gasteiger partial charge in [-0.05, 0) is 31.4 Å². The van der Waals surface area contributed by atoms with Gasteiger partial charge in [0.15, 0.2) is 0 Å². The van der Waals surface area contributed by atoms with Crippen LogP contribution < -0.4 is 10.6 Å². The van der Waals surface area contributed by atoms with E-state index in [0.29, 0.717) is 18.1 Å². The highest BCUT2D eigenvalue weighted by Gasteiger charge is 2.09. The van der Waals surface area contributed by atoms with Gasteiger partial charge in [-0.2, -0.15) is 0 Å². The fraction of sp³-hybridized carbons (Fsp3) is 0.389. The number of amides is 1. The zero-order chi connectivity index (χ0) is 16.7. The first-order valence-electron chi connectivity index (χ1n) is 8.05. The smallest absolute Gasteiger partial charge is 0.270 e. The van der Waals surface area contributed by atoms with Crippen LogP contribution in [0.2, 0.25) is 0 Å². The molecule has 0 aliphatic heterocycles. The van der Waals surface area contributed by atoms with Crippen LogP contribution in [0.15, 0.2) is 30.6 Å². The Labute approximate surface area is 137 Å². The summed E-state index contributed by atoms with van der Waals surface area (Å²) < 4.78 is 0. The Bertz CT molecular complexity index is 650. The van der Waals surface area contributed by atoms with Gasteiger partial charge in [-0.25, -0.2) is 9.97 Å². The van der Waals surface area contributed by atoms with Crippen molar-refractivity contribution >= 4 is 17.4 Å². The molecule has 2 N–H and O–H groups in total. The van der Waals surface area contributed by atoms with Crippen molar-refractivity contribution in [3.63, 3.8) is 0 Å². The first-order valence-corrected chi connectivity index (χ1v) is 8.05. The van der Waals surface area contributed by atoms with E-state index >= 15 is 0 Å². The van der Waals surface area contributed by atoms with Crippen LogP contribution in [-0.4, -0.2) is 22.4 Å². The number of carbonyl (C=O) groups is 1. The summed E-state index contributed by atoms with van der Waals surface area (Å²) >= 11 is 0. The molecule has 0 atom stereocenters. The first kappa shape index (κ1) is 16.9. The highest BCUT2D eigenvalue weighted by atomic mass is 16.1. The monoisotopic (exact) mass is 312 g/mol. The molecule has 0 aliphatic carbocycles. The van der Waals surface area contributed by atoms with Crippen molar-refractivity contribution in [2.45, 2.75) is 40.0 Å². The fourth-order valence-corrected chi connectivity index (χ4v) is 2.36. The number of para-hydroxylation sites is 1. The minimum Gasteiger partial charge on any atom is -0.351 e. The summed E-state index contributed by atoms with van der Waals surface area (Å²) in [7, 11) is 0. The van der Waals surface area contributed by atoms with Crippen molar-refractivity contribution in [2.24, 2.45) is 0 Å². The lowest BCUT2D eigenvalue weighted by Crippen LogP contribution is -2.25. The van der Waals surface area contributed by atoms with Gasteiger partial charge < -0.3 is 10.6 Å². The molecule has 0 bridgehead atoms. The van der Waals surface area contributed by atoms with E-state index in [2.05, 4.69) is 27.5 Å². The average Bonchev–Trinajstić information content (AvgIpc) is 2.55. The zero-order valence-electron chi connectivity index (χ0n) is 14.0. The number of nitrogens with one attached hydrogen (secondary N) is 2. The van der Waals surface area contributed by atoms with E-state index in [0.717, 1.165) is 36.1 Å². The Morgan fingerprint density at radius 2 is 1.87 bits per heavy atom. The van der Waals surface area contributed by atoms with Gasteiger partial charge in [0.1, 0.15) is 17.8 Å². The molecule has 122 valence electrons. The molecule has 23 heavy (non-hydrogen) atoms. The van der Waals surface area contributed by atoms with Gasteiger partial charge in [0.2, 0.25) is 0 Å². The van der Waals surface area contributed by atoms with E-state index in [4.69, 9.17) is 0 Å². The maximum atomic E-state index is 12.1. The van der Waals surface area contributed by atoms with Gasteiger partial charge in [-0.1, -0.05) is 38.0 Å². The molecule has 5 nitrogen and oxygen atoms in total. The van der Waals surface area contributed by atoms with Gasteiger partial charge >= 0.3 is 0 Å². The quantitative estimate of drug-likeness (QED) is 0.764. The number of carbonyl (C=O) groups excluding carboxylic acids is 1. The molecule has 2 aromatic rings. The van der Waals surface area contributed by atoms with Crippen LogP contribution in [0.3, 0.4) is 0 Å². The highest BCUT2D eigenvalue weighted by Crippen LogP contribution is 2.23. The number of hydrogen-bond acceptors (Lipinski definition) is 4. The van der Waals surface area contributed by atoms with Crippen molar-refractivity contribution < 1.29 is 4.79 Å². The van der Waals surface area contributed by atoms with E-state index in [9.17, 15) is 4.79 Å². The lowest BCUT2D eigenvalue weighted by atomic mass is 10.1. The molecule has 1 aromatic carbocycles. The van der Waals surface area contributed by atoms with E-state index in [-0.39, 0.29) is 5.91 Å². The highest BCUT2D eigenvalue weighted by molar-refractivity contribution is 5.93. The van der Waals surface area contributed by atoms with Crippen LogP contribution in [0.5, 0.6) is 0 Å². The van der Waals surface area contributed by atoms with Crippen LogP contribution >= 0.6 is 0 Å². The molecule has 0 unspecified atom stereocenters. The molecule has 0 aliphatic rings. The summed E-state index contributed by atoms with van der Waals surface area (Å²) in [6, 6.07) is 7.78. The number of aromatic nitrogens is 2. The topological polar surface area (TPSA) is 66.9 Å². The fourth-order valence-electron chi connectivity index (χ4n) is 2.36. The third kappa shape index (κ3) is 4.77. The van der Waals surface area contributed by atoms with Crippen molar-refractivity contribution in [3.05, 3.63) is 47.4 Å².